The minimum absolute atomic E-state index is 0.146. The van der Waals surface area contributed by atoms with Gasteiger partial charge in [-0.2, -0.15) is 0 Å². The lowest BCUT2D eigenvalue weighted by Gasteiger charge is -1.99. The predicted octanol–water partition coefficient (Wildman–Crippen LogP) is 1.45. The number of halogens is 1. The topological polar surface area (TPSA) is 53.4 Å². The molecule has 0 aromatic carbocycles. The Kier molecular flexibility index (Phi) is 1.68. The minimum Gasteiger partial charge on any atom is -0.502 e. The van der Waals surface area contributed by atoms with Crippen LogP contribution in [-0.2, 0) is 0 Å². The van der Waals surface area contributed by atoms with E-state index in [-0.39, 0.29) is 10.8 Å². The number of hydrogen-bond donors (Lipinski definition) is 2. The van der Waals surface area contributed by atoms with E-state index in [0.29, 0.717) is 5.56 Å². The smallest absolute Gasteiger partial charge is 0.255 e. The van der Waals surface area contributed by atoms with E-state index in [2.05, 4.69) is 4.98 Å². The van der Waals surface area contributed by atoms with Crippen LogP contribution in [0.3, 0.4) is 0 Å². The summed E-state index contributed by atoms with van der Waals surface area (Å²) < 4.78 is 0. The largest absolute Gasteiger partial charge is 0.502 e. The zero-order valence-electron chi connectivity index (χ0n) is 5.30. The van der Waals surface area contributed by atoms with Gasteiger partial charge in [0, 0.05) is 6.20 Å². The fourth-order valence-corrected chi connectivity index (χ4v) is 0.694. The van der Waals surface area contributed by atoms with Crippen molar-refractivity contribution in [3.63, 3.8) is 0 Å². The molecule has 1 rings (SSSR count). The van der Waals surface area contributed by atoms with Crippen LogP contribution < -0.4 is 0 Å². The molecule has 0 saturated heterocycles. The first-order valence-corrected chi connectivity index (χ1v) is 3.03. The van der Waals surface area contributed by atoms with E-state index in [1.807, 2.05) is 0 Å². The molecule has 2 N–H and O–H groups in total. The summed E-state index contributed by atoms with van der Waals surface area (Å²) in [5.74, 6) is -0.794. The van der Waals surface area contributed by atoms with Gasteiger partial charge in [0.1, 0.15) is 0 Å². The number of aryl methyl sites for hydroxylation is 1. The first-order valence-electron chi connectivity index (χ1n) is 2.66. The van der Waals surface area contributed by atoms with E-state index in [1.165, 1.54) is 6.20 Å². The van der Waals surface area contributed by atoms with Crippen LogP contribution in [0.25, 0.3) is 0 Å². The quantitative estimate of drug-likeness (QED) is 0.603. The first-order chi connectivity index (χ1) is 4.63. The van der Waals surface area contributed by atoms with Crippen molar-refractivity contribution in [2.75, 3.05) is 0 Å². The monoisotopic (exact) mass is 159 g/mol. The third-order valence-electron chi connectivity index (χ3n) is 1.15. The predicted molar refractivity (Wildman–Crippen MR) is 37.3 cm³/mol. The van der Waals surface area contributed by atoms with Gasteiger partial charge in [0.05, 0.1) is 5.02 Å². The van der Waals surface area contributed by atoms with Crippen molar-refractivity contribution in [1.29, 1.82) is 0 Å². The summed E-state index contributed by atoms with van der Waals surface area (Å²) in [4.78, 5) is 3.46. The summed E-state index contributed by atoms with van der Waals surface area (Å²) in [7, 11) is 0. The molecule has 0 aliphatic heterocycles. The molecule has 3 nitrogen and oxygen atoms in total. The molecule has 4 heteroatoms. The zero-order chi connectivity index (χ0) is 7.72. The number of aromatic hydroxyl groups is 2. The Hall–Kier alpha value is -0.960. The normalized spacial score (nSPS) is 9.80. The van der Waals surface area contributed by atoms with Gasteiger partial charge in [-0.05, 0) is 12.5 Å². The van der Waals surface area contributed by atoms with E-state index in [9.17, 15) is 0 Å². The van der Waals surface area contributed by atoms with Crippen LogP contribution in [-0.4, -0.2) is 15.2 Å². The Bertz CT molecular complexity index is 235. The summed E-state index contributed by atoms with van der Waals surface area (Å²) in [5.41, 5.74) is 0.636. The van der Waals surface area contributed by atoms with Crippen LogP contribution in [0.2, 0.25) is 5.02 Å². The number of nitrogens with zero attached hydrogens (tertiary/aromatic N) is 1. The van der Waals surface area contributed by atoms with Crippen molar-refractivity contribution in [2.45, 2.75) is 6.92 Å². The molecule has 54 valence electrons. The van der Waals surface area contributed by atoms with Crippen LogP contribution in [0.4, 0.5) is 0 Å². The molecule has 0 amide bonds. The molecule has 0 fully saturated rings. The molecule has 1 aromatic rings. The fourth-order valence-electron chi connectivity index (χ4n) is 0.561. The molecule has 0 aliphatic carbocycles. The summed E-state index contributed by atoms with van der Waals surface area (Å²) >= 11 is 5.53. The van der Waals surface area contributed by atoms with Crippen molar-refractivity contribution >= 4 is 11.6 Å². The second-order valence-corrected chi connectivity index (χ2v) is 2.31. The lowest BCUT2D eigenvalue weighted by Crippen LogP contribution is -1.80. The molecular weight excluding hydrogens is 154 g/mol. The minimum atomic E-state index is -0.435. The van der Waals surface area contributed by atoms with E-state index in [4.69, 9.17) is 21.8 Å². The van der Waals surface area contributed by atoms with Gasteiger partial charge in [-0.15, -0.1) is 0 Å². The van der Waals surface area contributed by atoms with E-state index in [1.54, 1.807) is 6.92 Å². The maximum Gasteiger partial charge on any atom is 0.255 e. The van der Waals surface area contributed by atoms with Crippen LogP contribution in [0, 0.1) is 6.92 Å². The highest BCUT2D eigenvalue weighted by atomic mass is 35.5. The summed E-state index contributed by atoms with van der Waals surface area (Å²) in [6.45, 7) is 1.69. The van der Waals surface area contributed by atoms with Gasteiger partial charge in [-0.25, -0.2) is 4.98 Å². The van der Waals surface area contributed by atoms with Gasteiger partial charge < -0.3 is 10.2 Å². The third kappa shape index (κ3) is 0.998. The molecule has 0 saturated carbocycles. The number of hydrogen-bond acceptors (Lipinski definition) is 3. The Morgan fingerprint density at radius 1 is 1.50 bits per heavy atom. The van der Waals surface area contributed by atoms with Crippen LogP contribution >= 0.6 is 11.6 Å². The van der Waals surface area contributed by atoms with Gasteiger partial charge in [0.25, 0.3) is 5.88 Å². The van der Waals surface area contributed by atoms with E-state index >= 15 is 0 Å². The maximum absolute atomic E-state index is 8.94. The molecule has 0 aliphatic rings. The Morgan fingerprint density at radius 3 is 2.60 bits per heavy atom. The number of rotatable bonds is 0. The van der Waals surface area contributed by atoms with Gasteiger partial charge in [0.15, 0.2) is 5.75 Å². The van der Waals surface area contributed by atoms with E-state index in [0.717, 1.165) is 0 Å². The highest BCUT2D eigenvalue weighted by molar-refractivity contribution is 6.32. The summed E-state index contributed by atoms with van der Waals surface area (Å²) in [6.07, 6.45) is 1.39. The second-order valence-electron chi connectivity index (χ2n) is 1.93. The van der Waals surface area contributed by atoms with Crippen molar-refractivity contribution < 1.29 is 10.2 Å². The molecule has 0 atom stereocenters. The molecule has 1 heterocycles. The molecule has 0 spiro atoms. The van der Waals surface area contributed by atoms with Crippen LogP contribution in [0.15, 0.2) is 6.20 Å². The van der Waals surface area contributed by atoms with Crippen molar-refractivity contribution in [2.24, 2.45) is 0 Å². The number of pyridine rings is 1. The molecule has 1 aromatic heterocycles. The SMILES string of the molecule is Cc1cnc(O)c(O)c1Cl. The van der Waals surface area contributed by atoms with Crippen molar-refractivity contribution in [1.82, 2.24) is 4.98 Å². The van der Waals surface area contributed by atoms with E-state index < -0.39 is 5.88 Å². The summed E-state index contributed by atoms with van der Waals surface area (Å²) in [6, 6.07) is 0. The average molecular weight is 160 g/mol. The van der Waals surface area contributed by atoms with Gasteiger partial charge in [-0.3, -0.25) is 0 Å². The standard InChI is InChI=1S/C6H6ClNO2/c1-3-2-8-6(10)5(9)4(3)7/h2,9H,1H3,(H,8,10). The fraction of sp³-hybridized carbons (Fsp3) is 0.167. The third-order valence-corrected chi connectivity index (χ3v) is 1.62. The Balaban J connectivity index is 3.34. The van der Waals surface area contributed by atoms with Crippen LogP contribution in [0.5, 0.6) is 11.6 Å². The van der Waals surface area contributed by atoms with Crippen molar-refractivity contribution in [3.05, 3.63) is 16.8 Å². The van der Waals surface area contributed by atoms with Gasteiger partial charge >= 0.3 is 0 Å². The Morgan fingerprint density at radius 2 is 2.10 bits per heavy atom. The van der Waals surface area contributed by atoms with Gasteiger partial charge in [-0.1, -0.05) is 11.6 Å². The molecular formula is C6H6ClNO2. The highest BCUT2D eigenvalue weighted by Gasteiger charge is 2.07. The molecule has 0 bridgehead atoms. The van der Waals surface area contributed by atoms with Gasteiger partial charge in [0.2, 0.25) is 0 Å². The molecule has 0 radical (unpaired) electrons. The first kappa shape index (κ1) is 7.15. The Labute approximate surface area is 62.9 Å². The summed E-state index contributed by atoms with van der Waals surface area (Å²) in [5, 5.41) is 17.9. The molecule has 0 unspecified atom stereocenters. The molecule has 10 heavy (non-hydrogen) atoms. The second kappa shape index (κ2) is 2.34. The number of aromatic nitrogens is 1. The average Bonchev–Trinajstić information content (AvgIpc) is 1.93. The zero-order valence-corrected chi connectivity index (χ0v) is 6.05. The highest BCUT2D eigenvalue weighted by Crippen LogP contribution is 2.32. The lowest BCUT2D eigenvalue weighted by atomic mass is 10.3. The lowest BCUT2D eigenvalue weighted by molar-refractivity contribution is 0.388. The maximum atomic E-state index is 8.94. The van der Waals surface area contributed by atoms with Crippen molar-refractivity contribution in [3.8, 4) is 11.6 Å². The van der Waals surface area contributed by atoms with Crippen LogP contribution in [0.1, 0.15) is 5.56 Å².